The van der Waals surface area contributed by atoms with Crippen LogP contribution >= 0.6 is 0 Å². The molecule has 0 bridgehead atoms. The first-order chi connectivity index (χ1) is 10.7. The van der Waals surface area contributed by atoms with Crippen molar-refractivity contribution in [3.8, 4) is 0 Å². The molecule has 3 rings (SSSR count). The molecule has 1 unspecified atom stereocenters. The van der Waals surface area contributed by atoms with E-state index in [-0.39, 0.29) is 76.7 Å². The third-order valence-electron chi connectivity index (χ3n) is 5.08. The van der Waals surface area contributed by atoms with E-state index in [1.54, 1.807) is 0 Å². The average molecular weight is 550 g/mol. The molecule has 3 fully saturated rings. The standard InChI is InChI=1S/C15H24I2N2O4/c1-9(2)7-12(18(21)5-6-18)8-13-10(3)14(19(22)16-17-19)11(4)15(20)23-13/h7,10-14H,5-6,8H2,1-4H3/q-2/t10?,11-,12-,13+,14+/m1/s1. The van der Waals surface area contributed by atoms with Crippen molar-refractivity contribution in [2.75, 3.05) is 13.1 Å². The first-order valence-electron chi connectivity index (χ1n) is 8.02. The second-order valence-electron chi connectivity index (χ2n) is 7.19. The van der Waals surface area contributed by atoms with Gasteiger partial charge in [-0.3, -0.25) is 0 Å². The van der Waals surface area contributed by atoms with Gasteiger partial charge in [0, 0.05) is 0 Å². The number of halogens is 2. The SMILES string of the molecule is CC(C)=C[C@H](C[C@@H]1OC(=O)[C@H](C)[C@@H]([N+]2([O-])[I-][I-]2)C1C)[N+]1([O-])CC1. The fourth-order valence-corrected chi connectivity index (χ4v) is 10.5. The number of hydrogen-bond acceptors (Lipinski definition) is 4. The molecule has 23 heavy (non-hydrogen) atoms. The number of carbonyl (C=O) groups is 1. The summed E-state index contributed by atoms with van der Waals surface area (Å²) in [5.74, 6) is -0.508. The number of nitrogens with zero attached hydrogens (tertiary/aromatic N) is 2. The van der Waals surface area contributed by atoms with Crippen molar-refractivity contribution >= 4 is 5.97 Å². The number of esters is 1. The molecule has 5 atom stereocenters. The van der Waals surface area contributed by atoms with Gasteiger partial charge < -0.3 is 0 Å². The van der Waals surface area contributed by atoms with Crippen molar-refractivity contribution < 1.29 is 50.3 Å². The molecule has 6 nitrogen and oxygen atoms in total. The average Bonchev–Trinajstić information content (AvgIpc) is 3.36. The summed E-state index contributed by atoms with van der Waals surface area (Å²) >= 11 is -0.535. The molecule has 0 aromatic carbocycles. The van der Waals surface area contributed by atoms with Crippen LogP contribution < -0.4 is 35.0 Å². The van der Waals surface area contributed by atoms with Gasteiger partial charge in [-0.05, 0) is 0 Å². The van der Waals surface area contributed by atoms with Crippen LogP contribution in [-0.4, -0.2) is 43.0 Å². The molecular formula is C15H24I2N2O4-2. The second-order valence-corrected chi connectivity index (χ2v) is 17.5. The Morgan fingerprint density at radius 2 is 1.96 bits per heavy atom. The van der Waals surface area contributed by atoms with Crippen LogP contribution in [0.4, 0.5) is 0 Å². The number of carbonyl (C=O) groups excluding carboxylic acids is 1. The third-order valence-corrected chi connectivity index (χ3v) is 14.7. The minimum atomic E-state index is -0.306. The fraction of sp³-hybridized carbons (Fsp3) is 0.800. The van der Waals surface area contributed by atoms with Gasteiger partial charge in [0.05, 0.1) is 0 Å². The van der Waals surface area contributed by atoms with Gasteiger partial charge in [-0.25, -0.2) is 0 Å². The first kappa shape index (κ1) is 18.3. The van der Waals surface area contributed by atoms with Gasteiger partial charge in [-0.2, -0.15) is 0 Å². The van der Waals surface area contributed by atoms with Crippen LogP contribution in [0.25, 0.3) is 0 Å². The van der Waals surface area contributed by atoms with E-state index in [4.69, 9.17) is 4.74 Å². The molecule has 0 saturated carbocycles. The molecule has 3 saturated heterocycles. The monoisotopic (exact) mass is 550 g/mol. The Kier molecular flexibility index (Phi) is 5.05. The molecule has 3 aliphatic rings. The molecule has 3 heterocycles. The maximum atomic E-state index is 12.7. The first-order valence-corrected chi connectivity index (χ1v) is 16.2. The second kappa shape index (κ2) is 6.35. The van der Waals surface area contributed by atoms with E-state index >= 15 is 0 Å². The Morgan fingerprint density at radius 3 is 2.43 bits per heavy atom. The molecule has 8 heteroatoms. The van der Waals surface area contributed by atoms with E-state index in [0.29, 0.717) is 19.5 Å². The molecule has 0 aromatic rings. The topological polar surface area (TPSA) is 72.4 Å². The zero-order chi connectivity index (χ0) is 17.0. The van der Waals surface area contributed by atoms with E-state index in [2.05, 4.69) is 0 Å². The molecule has 0 amide bonds. The summed E-state index contributed by atoms with van der Waals surface area (Å²) in [6.45, 7) is 9.14. The summed E-state index contributed by atoms with van der Waals surface area (Å²) < 4.78 is 5.41. The Bertz CT molecular complexity index is 530. The Hall–Kier alpha value is 0.510. The van der Waals surface area contributed by atoms with Crippen molar-refractivity contribution in [2.45, 2.75) is 52.3 Å². The summed E-state index contributed by atoms with van der Waals surface area (Å²) in [6.07, 6.45) is 2.26. The zero-order valence-corrected chi connectivity index (χ0v) is 18.2. The predicted molar refractivity (Wildman–Crippen MR) is 76.8 cm³/mol. The van der Waals surface area contributed by atoms with Gasteiger partial charge in [-0.15, -0.1) is 0 Å². The van der Waals surface area contributed by atoms with Crippen LogP contribution in [0.2, 0.25) is 0 Å². The molecule has 0 N–H and O–H groups in total. The van der Waals surface area contributed by atoms with Crippen LogP contribution in [0.1, 0.15) is 34.1 Å². The number of hydroxylamine groups is 4. The van der Waals surface area contributed by atoms with Crippen LogP contribution in [0, 0.1) is 22.3 Å². The zero-order valence-electron chi connectivity index (χ0n) is 13.9. The van der Waals surface area contributed by atoms with E-state index in [1.807, 2.05) is 33.8 Å². The van der Waals surface area contributed by atoms with Crippen molar-refractivity contribution in [3.05, 3.63) is 22.1 Å². The summed E-state index contributed by atoms with van der Waals surface area (Å²) in [4.78, 5) is 12.3. The number of rotatable bonds is 5. The predicted octanol–water partition coefficient (Wildman–Crippen LogP) is -4.14. The summed E-state index contributed by atoms with van der Waals surface area (Å²) in [5, 5.41) is 25.3. The van der Waals surface area contributed by atoms with Crippen LogP contribution in [0.15, 0.2) is 11.6 Å². The summed E-state index contributed by atoms with van der Waals surface area (Å²) in [6, 6.07) is -0.295. The van der Waals surface area contributed by atoms with Crippen LogP contribution in [-0.2, 0) is 9.53 Å². The van der Waals surface area contributed by atoms with E-state index in [0.717, 1.165) is 5.57 Å². The maximum absolute atomic E-state index is 12.7. The number of ether oxygens (including phenoxy) is 1. The van der Waals surface area contributed by atoms with Gasteiger partial charge in [0.2, 0.25) is 0 Å². The van der Waals surface area contributed by atoms with Crippen LogP contribution in [0.3, 0.4) is 0 Å². The molecule has 3 aliphatic heterocycles. The van der Waals surface area contributed by atoms with Gasteiger partial charge in [0.15, 0.2) is 0 Å². The fourth-order valence-electron chi connectivity index (χ4n) is 3.54. The number of cyclic esters (lactones) is 1. The van der Waals surface area contributed by atoms with Crippen molar-refractivity contribution in [1.29, 1.82) is 0 Å². The van der Waals surface area contributed by atoms with E-state index < -0.39 is 0 Å². The minimum absolute atomic E-state index is 0.0433. The summed E-state index contributed by atoms with van der Waals surface area (Å²) in [5.41, 5.74) is 1.12. The van der Waals surface area contributed by atoms with Crippen molar-refractivity contribution in [1.82, 2.24) is 0 Å². The third kappa shape index (κ3) is 3.71. The van der Waals surface area contributed by atoms with Crippen molar-refractivity contribution in [2.24, 2.45) is 11.8 Å². The van der Waals surface area contributed by atoms with E-state index in [1.165, 1.54) is 0 Å². The Labute approximate surface area is 154 Å². The molecule has 0 radical (unpaired) electrons. The molecule has 134 valence electrons. The van der Waals surface area contributed by atoms with Gasteiger partial charge in [0.25, 0.3) is 0 Å². The number of quaternary nitrogens is 2. The molecule has 0 aromatic heterocycles. The Balaban J connectivity index is 1.78. The summed E-state index contributed by atoms with van der Waals surface area (Å²) in [7, 11) is 0. The number of allylic oxidation sites excluding steroid dienone is 1. The van der Waals surface area contributed by atoms with Crippen molar-refractivity contribution in [3.63, 3.8) is 0 Å². The Morgan fingerprint density at radius 1 is 1.35 bits per heavy atom. The molecule has 0 aliphatic carbocycles. The molecular weight excluding hydrogens is 526 g/mol. The van der Waals surface area contributed by atoms with Gasteiger partial charge in [-0.1, -0.05) is 0 Å². The van der Waals surface area contributed by atoms with E-state index in [9.17, 15) is 15.2 Å². The quantitative estimate of drug-likeness (QED) is 0.0664. The normalized spacial score (nSPS) is 39.1. The number of hydrogen-bond donors (Lipinski definition) is 0. The van der Waals surface area contributed by atoms with Crippen LogP contribution in [0.5, 0.6) is 0 Å². The molecule has 0 spiro atoms. The van der Waals surface area contributed by atoms with Gasteiger partial charge in [0.1, 0.15) is 0 Å². The van der Waals surface area contributed by atoms with Gasteiger partial charge >= 0.3 is 156 Å².